The van der Waals surface area contributed by atoms with E-state index in [2.05, 4.69) is 18.2 Å². The minimum atomic E-state index is 0.0765. The lowest BCUT2D eigenvalue weighted by molar-refractivity contribution is 0.100. The zero-order valence-corrected chi connectivity index (χ0v) is 18.7. The second-order valence-electron chi connectivity index (χ2n) is 7.35. The van der Waals surface area contributed by atoms with Crippen LogP contribution in [0.15, 0.2) is 84.9 Å². The summed E-state index contributed by atoms with van der Waals surface area (Å²) in [6.07, 6.45) is 0. The molecule has 162 valence electrons. The number of benzene rings is 4. The van der Waals surface area contributed by atoms with Crippen molar-refractivity contribution in [1.82, 2.24) is 0 Å². The highest BCUT2D eigenvalue weighted by atomic mass is 16.5. The third-order valence-electron chi connectivity index (χ3n) is 5.17. The van der Waals surface area contributed by atoms with Gasteiger partial charge in [-0.25, -0.2) is 0 Å². The smallest absolute Gasteiger partial charge is 0.159 e. The van der Waals surface area contributed by atoms with Gasteiger partial charge in [-0.2, -0.15) is 0 Å². The fourth-order valence-electron chi connectivity index (χ4n) is 3.25. The van der Waals surface area contributed by atoms with Crippen molar-refractivity contribution in [2.24, 2.45) is 0 Å². The van der Waals surface area contributed by atoms with Gasteiger partial charge in [-0.3, -0.25) is 9.59 Å². The Morgan fingerprint density at radius 1 is 0.531 bits per heavy atom. The number of carbonyl (C=O) groups is 2. The number of ether oxygens (including phenoxy) is 2. The zero-order chi connectivity index (χ0) is 23.1. The van der Waals surface area contributed by atoms with E-state index in [-0.39, 0.29) is 11.6 Å². The topological polar surface area (TPSA) is 52.6 Å². The number of methoxy groups -OCH3 is 2. The number of ketones is 2. The molecule has 4 aromatic rings. The van der Waals surface area contributed by atoms with Crippen LogP contribution >= 0.6 is 0 Å². The lowest BCUT2D eigenvalue weighted by Crippen LogP contribution is -1.91. The van der Waals surface area contributed by atoms with Gasteiger partial charge in [-0.05, 0) is 84.3 Å². The molecule has 0 heterocycles. The quantitative estimate of drug-likeness (QED) is 0.337. The van der Waals surface area contributed by atoms with Crippen molar-refractivity contribution in [2.45, 2.75) is 13.8 Å². The van der Waals surface area contributed by atoms with Crippen LogP contribution in [0.25, 0.3) is 21.9 Å². The van der Waals surface area contributed by atoms with Crippen molar-refractivity contribution < 1.29 is 19.1 Å². The van der Waals surface area contributed by atoms with Crippen LogP contribution in [0.3, 0.4) is 0 Å². The molecule has 0 atom stereocenters. The normalized spacial score (nSPS) is 10.1. The predicted molar refractivity (Wildman–Crippen MR) is 129 cm³/mol. The number of carbonyl (C=O) groups excluding carboxylic acids is 2. The molecule has 0 unspecified atom stereocenters. The highest BCUT2D eigenvalue weighted by molar-refractivity contribution is 5.99. The van der Waals surface area contributed by atoms with E-state index in [9.17, 15) is 9.59 Å². The first-order valence-corrected chi connectivity index (χ1v) is 10.3. The molecule has 32 heavy (non-hydrogen) atoms. The van der Waals surface area contributed by atoms with Gasteiger partial charge in [0.15, 0.2) is 11.6 Å². The maximum atomic E-state index is 11.4. The summed E-state index contributed by atoms with van der Waals surface area (Å²) in [4.78, 5) is 22.2. The molecule has 0 spiro atoms. The van der Waals surface area contributed by atoms with Crippen LogP contribution in [-0.4, -0.2) is 25.8 Å². The SMILES string of the molecule is COc1ccc(-c2ccc3cc(C(C)=O)ccc3c2)cc1.COc1ccc(C(C)=O)cc1. The van der Waals surface area contributed by atoms with E-state index in [1.54, 1.807) is 52.3 Å². The minimum absolute atomic E-state index is 0.0765. The summed E-state index contributed by atoms with van der Waals surface area (Å²) < 4.78 is 10.1. The highest BCUT2D eigenvalue weighted by Crippen LogP contribution is 2.26. The summed E-state index contributed by atoms with van der Waals surface area (Å²) in [5.74, 6) is 1.80. The number of fused-ring (bicyclic) bond motifs is 1. The molecule has 0 bridgehead atoms. The molecule has 4 aromatic carbocycles. The molecule has 0 radical (unpaired) electrons. The van der Waals surface area contributed by atoms with E-state index in [1.807, 2.05) is 42.5 Å². The van der Waals surface area contributed by atoms with Gasteiger partial charge < -0.3 is 9.47 Å². The van der Waals surface area contributed by atoms with Gasteiger partial charge in [0.25, 0.3) is 0 Å². The van der Waals surface area contributed by atoms with Crippen molar-refractivity contribution in [3.63, 3.8) is 0 Å². The number of hydrogen-bond acceptors (Lipinski definition) is 4. The standard InChI is InChI=1S/C19H16O2.C9H10O2/c1-13(20)15-3-4-18-12-16(5-6-17(18)11-15)14-7-9-19(21-2)10-8-14;1-7(10)8-3-5-9(11-2)6-4-8/h3-12H,1-2H3;3-6H,1-2H3. The Hall–Kier alpha value is -3.92. The van der Waals surface area contributed by atoms with E-state index in [0.717, 1.165) is 39.0 Å². The van der Waals surface area contributed by atoms with E-state index in [4.69, 9.17) is 9.47 Å². The van der Waals surface area contributed by atoms with E-state index in [1.165, 1.54) is 0 Å². The van der Waals surface area contributed by atoms with Gasteiger partial charge in [0.1, 0.15) is 11.5 Å². The maximum Gasteiger partial charge on any atom is 0.159 e. The number of rotatable bonds is 5. The van der Waals surface area contributed by atoms with Gasteiger partial charge in [0.05, 0.1) is 14.2 Å². The molecule has 0 aromatic heterocycles. The van der Waals surface area contributed by atoms with Crippen molar-refractivity contribution in [3.8, 4) is 22.6 Å². The van der Waals surface area contributed by atoms with Gasteiger partial charge >= 0.3 is 0 Å². The number of Topliss-reactive ketones (excluding diaryl/α,β-unsaturated/α-hetero) is 2. The Labute approximate surface area is 188 Å². The van der Waals surface area contributed by atoms with Crippen LogP contribution in [-0.2, 0) is 0 Å². The Morgan fingerprint density at radius 3 is 1.50 bits per heavy atom. The third-order valence-corrected chi connectivity index (χ3v) is 5.17. The first-order valence-electron chi connectivity index (χ1n) is 10.3. The van der Waals surface area contributed by atoms with Crippen LogP contribution in [0.2, 0.25) is 0 Å². The molecule has 4 rings (SSSR count). The lowest BCUT2D eigenvalue weighted by atomic mass is 9.99. The molecule has 4 heteroatoms. The Kier molecular flexibility index (Phi) is 7.40. The molecule has 0 N–H and O–H groups in total. The Morgan fingerprint density at radius 2 is 0.969 bits per heavy atom. The second-order valence-corrected chi connectivity index (χ2v) is 7.35. The second kappa shape index (κ2) is 10.4. The third kappa shape index (κ3) is 5.61. The molecular formula is C28H26O4. The molecule has 0 saturated carbocycles. The summed E-state index contributed by atoms with van der Waals surface area (Å²) in [6.45, 7) is 3.13. The van der Waals surface area contributed by atoms with Gasteiger partial charge in [0, 0.05) is 11.1 Å². The van der Waals surface area contributed by atoms with Crippen LogP contribution in [0.1, 0.15) is 34.6 Å². The summed E-state index contributed by atoms with van der Waals surface area (Å²) in [7, 11) is 3.26. The fourth-order valence-corrected chi connectivity index (χ4v) is 3.25. The molecule has 0 aliphatic carbocycles. The first kappa shape index (κ1) is 22.8. The van der Waals surface area contributed by atoms with E-state index >= 15 is 0 Å². The lowest BCUT2D eigenvalue weighted by Gasteiger charge is -2.06. The highest BCUT2D eigenvalue weighted by Gasteiger charge is 2.04. The van der Waals surface area contributed by atoms with Gasteiger partial charge in [0.2, 0.25) is 0 Å². The molecule has 0 saturated heterocycles. The largest absolute Gasteiger partial charge is 0.497 e. The summed E-state index contributed by atoms with van der Waals surface area (Å²) in [5, 5.41) is 2.22. The molecule has 4 nitrogen and oxygen atoms in total. The van der Waals surface area contributed by atoms with E-state index < -0.39 is 0 Å². The maximum absolute atomic E-state index is 11.4. The summed E-state index contributed by atoms with van der Waals surface area (Å²) >= 11 is 0. The fraction of sp³-hybridized carbons (Fsp3) is 0.143. The van der Waals surface area contributed by atoms with Crippen LogP contribution in [0.4, 0.5) is 0 Å². The van der Waals surface area contributed by atoms with Crippen molar-refractivity contribution in [3.05, 3.63) is 96.1 Å². The summed E-state index contributed by atoms with van der Waals surface area (Å²) in [6, 6.07) is 27.1. The molecule has 0 aliphatic heterocycles. The van der Waals surface area contributed by atoms with Gasteiger partial charge in [-0.15, -0.1) is 0 Å². The molecular weight excluding hydrogens is 400 g/mol. The molecule has 0 aliphatic rings. The monoisotopic (exact) mass is 426 g/mol. The van der Waals surface area contributed by atoms with Gasteiger partial charge in [-0.1, -0.05) is 36.4 Å². The average Bonchev–Trinajstić information content (AvgIpc) is 2.83. The Balaban J connectivity index is 0.000000222. The van der Waals surface area contributed by atoms with Crippen molar-refractivity contribution in [2.75, 3.05) is 14.2 Å². The zero-order valence-electron chi connectivity index (χ0n) is 18.7. The first-order chi connectivity index (χ1) is 15.4. The van der Waals surface area contributed by atoms with Crippen molar-refractivity contribution >= 4 is 22.3 Å². The van der Waals surface area contributed by atoms with E-state index in [0.29, 0.717) is 5.56 Å². The van der Waals surface area contributed by atoms with Crippen LogP contribution < -0.4 is 9.47 Å². The minimum Gasteiger partial charge on any atom is -0.497 e. The summed E-state index contributed by atoms with van der Waals surface area (Å²) in [5.41, 5.74) is 3.76. The molecule has 0 fully saturated rings. The predicted octanol–water partition coefficient (Wildman–Crippen LogP) is 6.62. The molecule has 0 amide bonds. The Bertz CT molecular complexity index is 1220. The number of hydrogen-bond donors (Lipinski definition) is 0. The average molecular weight is 427 g/mol. The van der Waals surface area contributed by atoms with Crippen LogP contribution in [0, 0.1) is 0 Å². The van der Waals surface area contributed by atoms with Crippen LogP contribution in [0.5, 0.6) is 11.5 Å². The van der Waals surface area contributed by atoms with Crippen molar-refractivity contribution in [1.29, 1.82) is 0 Å².